The Bertz CT molecular complexity index is 857. The Kier molecular flexibility index (Phi) is 6.95. The fourth-order valence-corrected chi connectivity index (χ4v) is 2.18. The van der Waals surface area contributed by atoms with Crippen LogP contribution in [0.1, 0.15) is 0 Å². The highest BCUT2D eigenvalue weighted by Gasteiger charge is 2.15. The van der Waals surface area contributed by atoms with E-state index in [9.17, 15) is 19.7 Å². The summed E-state index contributed by atoms with van der Waals surface area (Å²) in [5, 5.41) is 13.1. The number of carbonyl (C=O) groups is 2. The molecule has 0 aliphatic carbocycles. The molecule has 2 rings (SSSR count). The molecular formula is C17H15ClN2O7. The molecule has 142 valence electrons. The number of anilines is 1. The van der Waals surface area contributed by atoms with E-state index in [4.69, 9.17) is 25.8 Å². The number of benzene rings is 2. The normalized spacial score (nSPS) is 10.0. The molecule has 0 aliphatic heterocycles. The fourth-order valence-electron chi connectivity index (χ4n) is 1.99. The van der Waals surface area contributed by atoms with Gasteiger partial charge in [0, 0.05) is 11.8 Å². The van der Waals surface area contributed by atoms with E-state index in [1.165, 1.54) is 19.2 Å². The highest BCUT2D eigenvalue weighted by Crippen LogP contribution is 2.27. The SMILES string of the molecule is COc1ccccc1OCC(=O)OCC(=O)Nc1ccc(Cl)c([N+](=O)[O-])c1. The quantitative estimate of drug-likeness (QED) is 0.415. The summed E-state index contributed by atoms with van der Waals surface area (Å²) in [5.74, 6) is -0.627. The van der Waals surface area contributed by atoms with Crippen molar-refractivity contribution in [3.8, 4) is 11.5 Å². The Morgan fingerprint density at radius 3 is 2.52 bits per heavy atom. The number of carbonyl (C=O) groups excluding carboxylic acids is 2. The summed E-state index contributed by atoms with van der Waals surface area (Å²) in [4.78, 5) is 33.6. The van der Waals surface area contributed by atoms with Gasteiger partial charge in [-0.25, -0.2) is 4.79 Å². The number of nitrogens with one attached hydrogen (secondary N) is 1. The van der Waals surface area contributed by atoms with Crippen molar-refractivity contribution in [2.45, 2.75) is 0 Å². The summed E-state index contributed by atoms with van der Waals surface area (Å²) < 4.78 is 15.1. The number of methoxy groups -OCH3 is 1. The van der Waals surface area contributed by atoms with Crippen molar-refractivity contribution in [3.63, 3.8) is 0 Å². The van der Waals surface area contributed by atoms with Gasteiger partial charge in [0.2, 0.25) is 0 Å². The predicted molar refractivity (Wildman–Crippen MR) is 96.2 cm³/mol. The lowest BCUT2D eigenvalue weighted by atomic mass is 10.3. The van der Waals surface area contributed by atoms with E-state index in [1.54, 1.807) is 24.3 Å². The number of rotatable bonds is 8. The predicted octanol–water partition coefficient (Wildman–Crippen LogP) is 2.82. The van der Waals surface area contributed by atoms with Crippen LogP contribution in [0.25, 0.3) is 0 Å². The molecule has 0 radical (unpaired) electrons. The molecule has 0 spiro atoms. The lowest BCUT2D eigenvalue weighted by Gasteiger charge is -2.10. The Labute approximate surface area is 158 Å². The molecule has 9 nitrogen and oxygen atoms in total. The number of esters is 1. The Hall–Kier alpha value is -3.33. The number of nitro groups is 1. The second-order valence-corrected chi connectivity index (χ2v) is 5.48. The van der Waals surface area contributed by atoms with Crippen molar-refractivity contribution in [1.82, 2.24) is 0 Å². The fraction of sp³-hybridized carbons (Fsp3) is 0.176. The minimum Gasteiger partial charge on any atom is -0.493 e. The molecule has 0 aromatic heterocycles. The number of amides is 1. The second kappa shape index (κ2) is 9.39. The zero-order valence-corrected chi connectivity index (χ0v) is 14.9. The molecule has 0 fully saturated rings. The maximum absolute atomic E-state index is 11.8. The zero-order valence-electron chi connectivity index (χ0n) is 14.1. The Morgan fingerprint density at radius 2 is 1.85 bits per heavy atom. The smallest absolute Gasteiger partial charge is 0.344 e. The summed E-state index contributed by atoms with van der Waals surface area (Å²) >= 11 is 5.69. The van der Waals surface area contributed by atoms with Gasteiger partial charge in [0.15, 0.2) is 24.7 Å². The number of hydrogen-bond acceptors (Lipinski definition) is 7. The van der Waals surface area contributed by atoms with Gasteiger partial charge in [-0.15, -0.1) is 0 Å². The molecule has 2 aromatic carbocycles. The summed E-state index contributed by atoms with van der Waals surface area (Å²) in [6, 6.07) is 10.5. The van der Waals surface area contributed by atoms with Gasteiger partial charge >= 0.3 is 5.97 Å². The lowest BCUT2D eigenvalue weighted by Crippen LogP contribution is -2.23. The third kappa shape index (κ3) is 5.86. The number of hydrogen-bond donors (Lipinski definition) is 1. The standard InChI is InChI=1S/C17H15ClN2O7/c1-25-14-4-2-3-5-15(14)26-10-17(22)27-9-16(21)19-11-6-7-12(18)13(8-11)20(23)24/h2-8H,9-10H2,1H3,(H,19,21). The summed E-state index contributed by atoms with van der Waals surface area (Å²) in [6.07, 6.45) is 0. The van der Waals surface area contributed by atoms with Crippen molar-refractivity contribution in [1.29, 1.82) is 0 Å². The Morgan fingerprint density at radius 1 is 1.15 bits per heavy atom. The van der Waals surface area contributed by atoms with Crippen LogP contribution < -0.4 is 14.8 Å². The van der Waals surface area contributed by atoms with Gasteiger partial charge in [0.05, 0.1) is 12.0 Å². The minimum atomic E-state index is -0.766. The molecule has 0 unspecified atom stereocenters. The topological polar surface area (TPSA) is 117 Å². The third-order valence-corrected chi connectivity index (χ3v) is 3.53. The van der Waals surface area contributed by atoms with E-state index in [0.29, 0.717) is 11.5 Å². The first-order valence-corrected chi connectivity index (χ1v) is 7.93. The molecule has 0 bridgehead atoms. The molecule has 1 amide bonds. The van der Waals surface area contributed by atoms with E-state index in [0.717, 1.165) is 6.07 Å². The van der Waals surface area contributed by atoms with Crippen molar-refractivity contribution >= 4 is 34.9 Å². The molecule has 0 saturated heterocycles. The molecule has 0 heterocycles. The number of ether oxygens (including phenoxy) is 3. The van der Waals surface area contributed by atoms with Crippen molar-refractivity contribution in [3.05, 3.63) is 57.6 Å². The number of nitro benzene ring substituents is 1. The largest absolute Gasteiger partial charge is 0.493 e. The van der Waals surface area contributed by atoms with Gasteiger partial charge in [0.25, 0.3) is 11.6 Å². The molecule has 10 heteroatoms. The summed E-state index contributed by atoms with van der Waals surface area (Å²) in [6.45, 7) is -0.995. The van der Waals surface area contributed by atoms with Crippen LogP contribution >= 0.6 is 11.6 Å². The monoisotopic (exact) mass is 394 g/mol. The zero-order chi connectivity index (χ0) is 19.8. The minimum absolute atomic E-state index is 0.0575. The number of halogens is 1. The van der Waals surface area contributed by atoms with Gasteiger partial charge in [0.1, 0.15) is 5.02 Å². The molecule has 0 saturated carbocycles. The van der Waals surface area contributed by atoms with Crippen LogP contribution in [-0.2, 0) is 14.3 Å². The number of para-hydroxylation sites is 2. The maximum atomic E-state index is 11.8. The van der Waals surface area contributed by atoms with Crippen LogP contribution in [0.4, 0.5) is 11.4 Å². The third-order valence-electron chi connectivity index (χ3n) is 3.21. The van der Waals surface area contributed by atoms with Gasteiger partial charge < -0.3 is 19.5 Å². The molecule has 27 heavy (non-hydrogen) atoms. The average molecular weight is 395 g/mol. The first-order chi connectivity index (χ1) is 12.9. The average Bonchev–Trinajstić information content (AvgIpc) is 2.66. The maximum Gasteiger partial charge on any atom is 0.344 e. The summed E-state index contributed by atoms with van der Waals surface area (Å²) in [7, 11) is 1.46. The van der Waals surface area contributed by atoms with E-state index < -0.39 is 30.0 Å². The molecule has 1 N–H and O–H groups in total. The van der Waals surface area contributed by atoms with Crippen LogP contribution in [0.3, 0.4) is 0 Å². The van der Waals surface area contributed by atoms with E-state index in [-0.39, 0.29) is 16.4 Å². The number of nitrogens with zero attached hydrogens (tertiary/aromatic N) is 1. The first-order valence-electron chi connectivity index (χ1n) is 7.56. The van der Waals surface area contributed by atoms with E-state index in [2.05, 4.69) is 5.32 Å². The van der Waals surface area contributed by atoms with Crippen LogP contribution in [0.15, 0.2) is 42.5 Å². The van der Waals surface area contributed by atoms with Crippen molar-refractivity contribution in [2.24, 2.45) is 0 Å². The highest BCUT2D eigenvalue weighted by molar-refractivity contribution is 6.32. The highest BCUT2D eigenvalue weighted by atomic mass is 35.5. The van der Waals surface area contributed by atoms with Crippen LogP contribution in [0, 0.1) is 10.1 Å². The summed E-state index contributed by atoms with van der Waals surface area (Å²) in [5.41, 5.74) is -0.200. The van der Waals surface area contributed by atoms with Crippen LogP contribution in [-0.4, -0.2) is 37.1 Å². The lowest BCUT2D eigenvalue weighted by molar-refractivity contribution is -0.384. The first kappa shape index (κ1) is 20.0. The van der Waals surface area contributed by atoms with E-state index >= 15 is 0 Å². The van der Waals surface area contributed by atoms with Gasteiger partial charge in [-0.05, 0) is 24.3 Å². The molecule has 2 aromatic rings. The van der Waals surface area contributed by atoms with Crippen molar-refractivity contribution in [2.75, 3.05) is 25.6 Å². The van der Waals surface area contributed by atoms with Crippen LogP contribution in [0.5, 0.6) is 11.5 Å². The molecule has 0 aliphatic rings. The van der Waals surface area contributed by atoms with Gasteiger partial charge in [-0.2, -0.15) is 0 Å². The van der Waals surface area contributed by atoms with Crippen molar-refractivity contribution < 1.29 is 28.7 Å². The second-order valence-electron chi connectivity index (χ2n) is 5.07. The molecular weight excluding hydrogens is 380 g/mol. The van der Waals surface area contributed by atoms with Crippen LogP contribution in [0.2, 0.25) is 5.02 Å². The van der Waals surface area contributed by atoms with E-state index in [1.807, 2.05) is 0 Å². The molecule has 0 atom stereocenters. The van der Waals surface area contributed by atoms with Gasteiger partial charge in [-0.1, -0.05) is 23.7 Å². The van der Waals surface area contributed by atoms with Gasteiger partial charge in [-0.3, -0.25) is 14.9 Å². The Balaban J connectivity index is 1.82.